The Hall–Kier alpha value is -1.88. The third-order valence-electron chi connectivity index (χ3n) is 4.56. The van der Waals surface area contributed by atoms with Gasteiger partial charge in [-0.05, 0) is 43.5 Å². The highest BCUT2D eigenvalue weighted by Gasteiger charge is 2.29. The Morgan fingerprint density at radius 3 is 2.75 bits per heavy atom. The van der Waals surface area contributed by atoms with Crippen molar-refractivity contribution in [3.05, 3.63) is 35.4 Å². The first-order valence-corrected chi connectivity index (χ1v) is 8.83. The largest absolute Gasteiger partial charge is 0.465 e. The number of esters is 1. The number of carbonyl (C=O) groups excluding carboxylic acids is 2. The summed E-state index contributed by atoms with van der Waals surface area (Å²) >= 11 is 0. The quantitative estimate of drug-likeness (QED) is 0.558. The van der Waals surface area contributed by atoms with E-state index in [0.717, 1.165) is 50.9 Å². The fraction of sp³-hybridized carbons (Fsp3) is 0.579. The van der Waals surface area contributed by atoms with Crippen LogP contribution in [0, 0.1) is 0 Å². The van der Waals surface area contributed by atoms with Crippen LogP contribution in [-0.2, 0) is 16.1 Å². The average Bonchev–Trinajstić information content (AvgIpc) is 2.96. The summed E-state index contributed by atoms with van der Waals surface area (Å²) in [6, 6.07) is 7.83. The molecular formula is C19H28N2O3. The van der Waals surface area contributed by atoms with Crippen molar-refractivity contribution in [3.8, 4) is 0 Å². The van der Waals surface area contributed by atoms with Crippen LogP contribution >= 0.6 is 0 Å². The molecule has 1 N–H and O–H groups in total. The molecule has 1 atom stereocenters. The first-order chi connectivity index (χ1) is 11.7. The van der Waals surface area contributed by atoms with Crippen LogP contribution in [0.2, 0.25) is 0 Å². The number of methoxy groups -OCH3 is 1. The van der Waals surface area contributed by atoms with Crippen molar-refractivity contribution in [1.82, 2.24) is 10.2 Å². The molecule has 0 radical (unpaired) electrons. The summed E-state index contributed by atoms with van der Waals surface area (Å²) in [6.07, 6.45) is 4.88. The Labute approximate surface area is 144 Å². The maximum absolute atomic E-state index is 11.9. The molecule has 0 aromatic heterocycles. The van der Waals surface area contributed by atoms with Gasteiger partial charge < -0.3 is 15.0 Å². The minimum atomic E-state index is -0.312. The second-order valence-corrected chi connectivity index (χ2v) is 6.29. The van der Waals surface area contributed by atoms with Gasteiger partial charge in [0.1, 0.15) is 0 Å². The molecule has 0 bridgehead atoms. The van der Waals surface area contributed by atoms with Gasteiger partial charge in [0.25, 0.3) is 0 Å². The smallest absolute Gasteiger partial charge is 0.337 e. The molecule has 0 unspecified atom stereocenters. The van der Waals surface area contributed by atoms with Crippen LogP contribution in [-0.4, -0.2) is 43.0 Å². The maximum atomic E-state index is 11.9. The molecule has 1 aliphatic rings. The van der Waals surface area contributed by atoms with Crippen molar-refractivity contribution < 1.29 is 14.3 Å². The van der Waals surface area contributed by atoms with Crippen LogP contribution in [0.3, 0.4) is 0 Å². The van der Waals surface area contributed by atoms with E-state index in [-0.39, 0.29) is 5.97 Å². The highest BCUT2D eigenvalue weighted by molar-refractivity contribution is 5.89. The van der Waals surface area contributed by atoms with E-state index in [1.165, 1.54) is 7.11 Å². The number of hydrogen-bond acceptors (Lipinski definition) is 4. The molecule has 1 aromatic rings. The van der Waals surface area contributed by atoms with E-state index in [4.69, 9.17) is 4.74 Å². The van der Waals surface area contributed by atoms with Gasteiger partial charge in [0, 0.05) is 25.6 Å². The molecule has 2 rings (SSSR count). The summed E-state index contributed by atoms with van der Waals surface area (Å²) in [5.74, 6) is -0.000528. The topological polar surface area (TPSA) is 58.6 Å². The van der Waals surface area contributed by atoms with Crippen molar-refractivity contribution in [1.29, 1.82) is 0 Å². The number of unbranched alkanes of at least 4 members (excludes halogenated alkanes) is 1. The summed E-state index contributed by atoms with van der Waals surface area (Å²) < 4.78 is 4.69. The first kappa shape index (κ1) is 18.5. The Morgan fingerprint density at radius 2 is 2.08 bits per heavy atom. The zero-order valence-corrected chi connectivity index (χ0v) is 14.7. The minimum Gasteiger partial charge on any atom is -0.465 e. The minimum absolute atomic E-state index is 0.312. The van der Waals surface area contributed by atoms with E-state index in [2.05, 4.69) is 17.1 Å². The normalized spacial score (nSPS) is 17.3. The third-order valence-corrected chi connectivity index (χ3v) is 4.56. The van der Waals surface area contributed by atoms with Crippen LogP contribution in [0.1, 0.15) is 54.9 Å². The molecule has 132 valence electrons. The number of rotatable bonds is 9. The zero-order valence-electron chi connectivity index (χ0n) is 14.7. The Kier molecular flexibility index (Phi) is 7.25. The summed E-state index contributed by atoms with van der Waals surface area (Å²) in [6.45, 7) is 4.70. The predicted octanol–water partition coefficient (Wildman–Crippen LogP) is 2.74. The van der Waals surface area contributed by atoms with E-state index in [0.29, 0.717) is 23.9 Å². The number of hydrogen-bond donors (Lipinski definition) is 1. The molecule has 0 spiro atoms. The number of likely N-dealkylation sites (tertiary alicyclic amines) is 1. The highest BCUT2D eigenvalue weighted by Crippen LogP contribution is 2.21. The molecule has 1 saturated heterocycles. The van der Waals surface area contributed by atoms with Crippen LogP contribution < -0.4 is 5.32 Å². The third kappa shape index (κ3) is 5.06. The molecule has 1 fully saturated rings. The van der Waals surface area contributed by atoms with Gasteiger partial charge in [-0.2, -0.15) is 0 Å². The molecule has 0 aliphatic carbocycles. The fourth-order valence-electron chi connectivity index (χ4n) is 3.11. The summed E-state index contributed by atoms with van der Waals surface area (Å²) in [5, 5.41) is 3.43. The number of ether oxygens (including phenoxy) is 1. The number of amides is 1. The van der Waals surface area contributed by atoms with Gasteiger partial charge in [-0.3, -0.25) is 4.79 Å². The van der Waals surface area contributed by atoms with E-state index in [9.17, 15) is 9.59 Å². The van der Waals surface area contributed by atoms with E-state index in [1.807, 2.05) is 12.1 Å². The van der Waals surface area contributed by atoms with Gasteiger partial charge in [-0.25, -0.2) is 4.79 Å². The van der Waals surface area contributed by atoms with Crippen LogP contribution in [0.4, 0.5) is 0 Å². The van der Waals surface area contributed by atoms with Gasteiger partial charge in [-0.15, -0.1) is 0 Å². The van der Waals surface area contributed by atoms with Crippen LogP contribution in [0.5, 0.6) is 0 Å². The molecule has 1 amide bonds. The molecule has 0 saturated carbocycles. The number of benzene rings is 1. The first-order valence-electron chi connectivity index (χ1n) is 8.83. The lowest BCUT2D eigenvalue weighted by Crippen LogP contribution is -2.35. The second-order valence-electron chi connectivity index (χ2n) is 6.29. The summed E-state index contributed by atoms with van der Waals surface area (Å²) in [7, 11) is 1.38. The van der Waals surface area contributed by atoms with Gasteiger partial charge in [0.05, 0.1) is 12.7 Å². The van der Waals surface area contributed by atoms with Gasteiger partial charge >= 0.3 is 5.97 Å². The Balaban J connectivity index is 1.72. The number of nitrogens with one attached hydrogen (secondary N) is 1. The van der Waals surface area contributed by atoms with Crippen molar-refractivity contribution in [2.24, 2.45) is 0 Å². The molecule has 1 heterocycles. The number of nitrogens with zero attached hydrogens (tertiary/aromatic N) is 1. The summed E-state index contributed by atoms with van der Waals surface area (Å²) in [4.78, 5) is 25.4. The molecule has 5 heteroatoms. The van der Waals surface area contributed by atoms with E-state index >= 15 is 0 Å². The average molecular weight is 332 g/mol. The van der Waals surface area contributed by atoms with Crippen molar-refractivity contribution >= 4 is 11.9 Å². The van der Waals surface area contributed by atoms with Crippen molar-refractivity contribution in [2.75, 3.05) is 20.2 Å². The molecule has 1 aliphatic heterocycles. The van der Waals surface area contributed by atoms with Gasteiger partial charge in [0.15, 0.2) is 0 Å². The predicted molar refractivity (Wildman–Crippen MR) is 93.7 cm³/mol. The Morgan fingerprint density at radius 1 is 1.33 bits per heavy atom. The molecule has 1 aromatic carbocycles. The highest BCUT2D eigenvalue weighted by atomic mass is 16.5. The van der Waals surface area contributed by atoms with Gasteiger partial charge in [0.2, 0.25) is 5.91 Å². The molecule has 5 nitrogen and oxygen atoms in total. The van der Waals surface area contributed by atoms with Crippen LogP contribution in [0.25, 0.3) is 0 Å². The van der Waals surface area contributed by atoms with Crippen LogP contribution in [0.15, 0.2) is 24.3 Å². The maximum Gasteiger partial charge on any atom is 0.337 e. The lowest BCUT2D eigenvalue weighted by atomic mass is 10.1. The molecular weight excluding hydrogens is 304 g/mol. The van der Waals surface area contributed by atoms with E-state index < -0.39 is 0 Å². The zero-order chi connectivity index (χ0) is 17.4. The lowest BCUT2D eigenvalue weighted by molar-refractivity contribution is -0.129. The van der Waals surface area contributed by atoms with Crippen molar-refractivity contribution in [3.63, 3.8) is 0 Å². The summed E-state index contributed by atoms with van der Waals surface area (Å²) in [5.41, 5.74) is 1.70. The van der Waals surface area contributed by atoms with Gasteiger partial charge in [-0.1, -0.05) is 25.5 Å². The Bertz CT molecular complexity index is 542. The SMILES string of the molecule is CCCCN1C(=O)CC[C@H]1CCNCc1ccc(C(=O)OC)cc1. The standard InChI is InChI=1S/C19H28N2O3/c1-3-4-13-21-17(9-10-18(21)22)11-12-20-14-15-5-7-16(8-6-15)19(23)24-2/h5-8,17,20H,3-4,9-14H2,1-2H3/t17-/m0/s1. The monoisotopic (exact) mass is 332 g/mol. The van der Waals surface area contributed by atoms with Crippen molar-refractivity contribution in [2.45, 2.75) is 51.6 Å². The number of carbonyl (C=O) groups is 2. The second kappa shape index (κ2) is 9.42. The molecule has 24 heavy (non-hydrogen) atoms. The van der Waals surface area contributed by atoms with E-state index in [1.54, 1.807) is 12.1 Å². The lowest BCUT2D eigenvalue weighted by Gasteiger charge is -2.24. The fourth-order valence-corrected chi connectivity index (χ4v) is 3.11.